The Morgan fingerprint density at radius 2 is 2.00 bits per heavy atom. The monoisotopic (exact) mass is 320 g/mol. The molecule has 0 aliphatic rings. The Hall–Kier alpha value is -1.37. The number of rotatable bonds is 6. The van der Waals surface area contributed by atoms with Crippen LogP contribution in [0.4, 0.5) is 0 Å². The molecule has 1 aromatic rings. The minimum atomic E-state index is -0.549. The molecule has 6 nitrogen and oxygen atoms in total. The molecule has 0 atom stereocenters. The van der Waals surface area contributed by atoms with Crippen LogP contribution in [0.25, 0.3) is 0 Å². The molecule has 1 amide bonds. The van der Waals surface area contributed by atoms with Gasteiger partial charge in [-0.3, -0.25) is 9.59 Å². The normalized spacial score (nSPS) is 10.2. The van der Waals surface area contributed by atoms with Gasteiger partial charge in [0, 0.05) is 13.7 Å². The zero-order valence-electron chi connectivity index (χ0n) is 11.1. The average molecular weight is 321 g/mol. The molecule has 1 rings (SSSR count). The highest BCUT2D eigenvalue weighted by Gasteiger charge is 2.22. The van der Waals surface area contributed by atoms with E-state index in [0.29, 0.717) is 0 Å². The van der Waals surface area contributed by atoms with Crippen LogP contribution in [-0.4, -0.2) is 55.7 Å². The zero-order valence-corrected chi connectivity index (χ0v) is 12.6. The first kappa shape index (κ1) is 16.7. The van der Waals surface area contributed by atoms with E-state index in [1.165, 1.54) is 31.3 Å². The molecule has 0 fully saturated rings. The molecular weight excluding hydrogens is 307 g/mol. The summed E-state index contributed by atoms with van der Waals surface area (Å²) in [6.07, 6.45) is 0. The third-order valence-electron chi connectivity index (χ3n) is 2.41. The number of hydrogen-bond donors (Lipinski definition) is 0. The number of aromatic nitrogens is 1. The first-order valence-electron chi connectivity index (χ1n) is 5.66. The fourth-order valence-electron chi connectivity index (χ4n) is 1.39. The van der Waals surface area contributed by atoms with Gasteiger partial charge in [-0.1, -0.05) is 23.2 Å². The largest absolute Gasteiger partial charge is 0.468 e. The first-order chi connectivity index (χ1) is 9.49. The third kappa shape index (κ3) is 4.63. The molecule has 110 valence electrons. The number of carbonyl (C=O) groups is 2. The number of nitrogens with zero attached hydrogens (tertiary/aromatic N) is 2. The van der Waals surface area contributed by atoms with Gasteiger partial charge in [-0.05, 0) is 12.1 Å². The first-order valence-corrected chi connectivity index (χ1v) is 6.42. The van der Waals surface area contributed by atoms with Crippen molar-refractivity contribution in [2.75, 3.05) is 33.9 Å². The molecule has 1 heterocycles. The van der Waals surface area contributed by atoms with Crippen LogP contribution in [0.2, 0.25) is 10.2 Å². The van der Waals surface area contributed by atoms with E-state index in [4.69, 9.17) is 27.9 Å². The lowest BCUT2D eigenvalue weighted by atomic mass is 10.3. The molecule has 0 aliphatic carbocycles. The van der Waals surface area contributed by atoms with Crippen molar-refractivity contribution in [3.8, 4) is 0 Å². The van der Waals surface area contributed by atoms with Gasteiger partial charge in [0.2, 0.25) is 0 Å². The Kier molecular flexibility index (Phi) is 6.70. The van der Waals surface area contributed by atoms with Crippen molar-refractivity contribution in [3.05, 3.63) is 28.0 Å². The van der Waals surface area contributed by atoms with E-state index in [1.807, 2.05) is 0 Å². The van der Waals surface area contributed by atoms with Crippen molar-refractivity contribution in [1.29, 1.82) is 0 Å². The number of halogens is 2. The minimum absolute atomic E-state index is 0.0147. The second-order valence-corrected chi connectivity index (χ2v) is 4.55. The van der Waals surface area contributed by atoms with Crippen LogP contribution in [0.15, 0.2) is 12.1 Å². The van der Waals surface area contributed by atoms with E-state index < -0.39 is 11.9 Å². The van der Waals surface area contributed by atoms with Crippen LogP contribution < -0.4 is 0 Å². The summed E-state index contributed by atoms with van der Waals surface area (Å²) in [6, 6.07) is 2.94. The summed E-state index contributed by atoms with van der Waals surface area (Å²) in [5, 5.41) is 0.300. The van der Waals surface area contributed by atoms with Crippen molar-refractivity contribution in [3.63, 3.8) is 0 Å². The van der Waals surface area contributed by atoms with Crippen molar-refractivity contribution in [2.45, 2.75) is 0 Å². The van der Waals surface area contributed by atoms with Gasteiger partial charge in [0.15, 0.2) is 0 Å². The molecule has 0 aromatic carbocycles. The number of ether oxygens (including phenoxy) is 2. The van der Waals surface area contributed by atoms with Crippen LogP contribution >= 0.6 is 23.2 Å². The molecule has 0 spiro atoms. The van der Waals surface area contributed by atoms with Gasteiger partial charge >= 0.3 is 5.97 Å². The number of hydrogen-bond acceptors (Lipinski definition) is 5. The van der Waals surface area contributed by atoms with Crippen LogP contribution in [0.3, 0.4) is 0 Å². The summed E-state index contributed by atoms with van der Waals surface area (Å²) in [6.45, 7) is 0.249. The lowest BCUT2D eigenvalue weighted by Gasteiger charge is -2.21. The number of carbonyl (C=O) groups excluding carboxylic acids is 2. The lowest BCUT2D eigenvalue weighted by molar-refractivity contribution is -0.141. The summed E-state index contributed by atoms with van der Waals surface area (Å²) >= 11 is 11.7. The Balaban J connectivity index is 2.96. The fraction of sp³-hybridized carbons (Fsp3) is 0.417. The predicted molar refractivity (Wildman–Crippen MR) is 74.1 cm³/mol. The Morgan fingerprint density at radius 1 is 1.30 bits per heavy atom. The van der Waals surface area contributed by atoms with Gasteiger partial charge in [0.1, 0.15) is 17.4 Å². The summed E-state index contributed by atoms with van der Waals surface area (Å²) in [5.41, 5.74) is -0.0147. The highest BCUT2D eigenvalue weighted by atomic mass is 35.5. The van der Waals surface area contributed by atoms with E-state index in [-0.39, 0.29) is 35.6 Å². The molecule has 0 saturated carbocycles. The third-order valence-corrected chi connectivity index (χ3v) is 2.93. The predicted octanol–water partition coefficient (Wildman–Crippen LogP) is 1.65. The summed E-state index contributed by atoms with van der Waals surface area (Å²) in [5.74, 6) is -1.06. The van der Waals surface area contributed by atoms with E-state index in [2.05, 4.69) is 9.72 Å². The zero-order chi connectivity index (χ0) is 15.1. The Labute approximate surface area is 126 Å². The maximum Gasteiger partial charge on any atom is 0.325 e. The Bertz CT molecular complexity index is 496. The lowest BCUT2D eigenvalue weighted by Crippen LogP contribution is -2.39. The SMILES string of the molecule is COCCN(CC(=O)OC)C(=O)c1nc(Cl)ccc1Cl. The van der Waals surface area contributed by atoms with Gasteiger partial charge in [0.25, 0.3) is 5.91 Å². The summed E-state index contributed by atoms with van der Waals surface area (Å²) < 4.78 is 9.45. The van der Waals surface area contributed by atoms with Crippen LogP contribution in [0, 0.1) is 0 Å². The smallest absolute Gasteiger partial charge is 0.325 e. The van der Waals surface area contributed by atoms with E-state index in [9.17, 15) is 9.59 Å². The highest BCUT2D eigenvalue weighted by Crippen LogP contribution is 2.18. The van der Waals surface area contributed by atoms with Gasteiger partial charge in [-0.15, -0.1) is 0 Å². The number of methoxy groups -OCH3 is 2. The highest BCUT2D eigenvalue weighted by molar-refractivity contribution is 6.34. The fourth-order valence-corrected chi connectivity index (χ4v) is 1.73. The van der Waals surface area contributed by atoms with Crippen molar-refractivity contribution >= 4 is 35.1 Å². The Morgan fingerprint density at radius 3 is 2.60 bits per heavy atom. The van der Waals surface area contributed by atoms with Crippen LogP contribution in [0.5, 0.6) is 0 Å². The van der Waals surface area contributed by atoms with Gasteiger partial charge < -0.3 is 14.4 Å². The minimum Gasteiger partial charge on any atom is -0.468 e. The molecule has 0 unspecified atom stereocenters. The van der Waals surface area contributed by atoms with Gasteiger partial charge in [-0.2, -0.15) is 0 Å². The van der Waals surface area contributed by atoms with Crippen LogP contribution in [0.1, 0.15) is 10.5 Å². The molecule has 0 bridgehead atoms. The van der Waals surface area contributed by atoms with Crippen molar-refractivity contribution in [2.24, 2.45) is 0 Å². The average Bonchev–Trinajstić information content (AvgIpc) is 2.44. The maximum absolute atomic E-state index is 12.3. The van der Waals surface area contributed by atoms with E-state index in [1.54, 1.807) is 0 Å². The van der Waals surface area contributed by atoms with Crippen molar-refractivity contribution < 1.29 is 19.1 Å². The molecule has 0 aliphatic heterocycles. The number of pyridine rings is 1. The summed E-state index contributed by atoms with van der Waals surface area (Å²) in [7, 11) is 2.73. The second-order valence-electron chi connectivity index (χ2n) is 3.76. The number of amides is 1. The molecular formula is C12H14Cl2N2O4. The van der Waals surface area contributed by atoms with Gasteiger partial charge in [0.05, 0.1) is 18.7 Å². The second kappa shape index (κ2) is 8.04. The quantitative estimate of drug-likeness (QED) is 0.589. The summed E-state index contributed by atoms with van der Waals surface area (Å²) in [4.78, 5) is 28.8. The van der Waals surface area contributed by atoms with E-state index in [0.717, 1.165) is 0 Å². The van der Waals surface area contributed by atoms with Crippen LogP contribution in [-0.2, 0) is 14.3 Å². The topological polar surface area (TPSA) is 68.7 Å². The van der Waals surface area contributed by atoms with Crippen molar-refractivity contribution in [1.82, 2.24) is 9.88 Å². The maximum atomic E-state index is 12.3. The standard InChI is InChI=1S/C12H14Cl2N2O4/c1-19-6-5-16(7-10(17)20-2)12(18)11-8(13)3-4-9(14)15-11/h3-4H,5-7H2,1-2H3. The molecule has 1 aromatic heterocycles. The molecule has 0 saturated heterocycles. The molecule has 0 radical (unpaired) electrons. The molecule has 8 heteroatoms. The molecule has 20 heavy (non-hydrogen) atoms. The number of esters is 1. The molecule has 0 N–H and O–H groups in total. The van der Waals surface area contributed by atoms with Gasteiger partial charge in [-0.25, -0.2) is 4.98 Å². The van der Waals surface area contributed by atoms with E-state index >= 15 is 0 Å².